The average molecular weight is 321 g/mol. The number of nitrogens with one attached hydrogen (secondary N) is 1. The lowest BCUT2D eigenvalue weighted by Gasteiger charge is -2.13. The van der Waals surface area contributed by atoms with Crippen molar-refractivity contribution in [3.63, 3.8) is 0 Å². The summed E-state index contributed by atoms with van der Waals surface area (Å²) in [5.41, 5.74) is 1.98. The van der Waals surface area contributed by atoms with Gasteiger partial charge in [0, 0.05) is 17.3 Å². The molecule has 122 valence electrons. The van der Waals surface area contributed by atoms with Gasteiger partial charge in [0.15, 0.2) is 11.5 Å². The van der Waals surface area contributed by atoms with Crippen LogP contribution in [0.25, 0.3) is 0 Å². The van der Waals surface area contributed by atoms with E-state index in [0.29, 0.717) is 11.3 Å². The Hall–Kier alpha value is -2.63. The molecule has 2 rings (SSSR count). The first-order valence-electron chi connectivity index (χ1n) is 7.09. The number of amides is 1. The molecule has 0 bridgehead atoms. The van der Waals surface area contributed by atoms with Crippen LogP contribution in [0.1, 0.15) is 22.8 Å². The number of rotatable bonds is 6. The monoisotopic (exact) mass is 321 g/mol. The van der Waals surface area contributed by atoms with E-state index >= 15 is 0 Å². The summed E-state index contributed by atoms with van der Waals surface area (Å²) in [6.07, 6.45) is 0. The number of anilines is 1. The van der Waals surface area contributed by atoms with Crippen LogP contribution in [0.2, 0.25) is 0 Å². The Morgan fingerprint density at radius 2 is 1.83 bits per heavy atom. The third kappa shape index (κ3) is 4.67. The minimum Gasteiger partial charge on any atom is -0.490 e. The highest BCUT2D eigenvalue weighted by Crippen LogP contribution is 2.32. The number of ether oxygens (including phenoxy) is 2. The maximum absolute atomic E-state index is 12.4. The number of benzene rings is 2. The van der Waals surface area contributed by atoms with Crippen LogP contribution in [0.15, 0.2) is 42.5 Å². The minimum atomic E-state index is -2.94. The zero-order valence-electron chi connectivity index (χ0n) is 12.8. The summed E-state index contributed by atoms with van der Waals surface area (Å²) >= 11 is 0. The standard InChI is InChI=1S/C17H17F2NO3/c1-3-22-15-10-13(8-9-14(15)23-17(18)19)20-16(21)12-6-4-11(2)5-7-12/h4-10,17H,3H2,1-2H3,(H,20,21). The Bertz CT molecular complexity index is 672. The molecule has 0 saturated heterocycles. The smallest absolute Gasteiger partial charge is 0.387 e. The first-order chi connectivity index (χ1) is 11.0. The molecule has 0 aliphatic rings. The van der Waals surface area contributed by atoms with Gasteiger partial charge in [-0.2, -0.15) is 8.78 Å². The fourth-order valence-electron chi connectivity index (χ4n) is 1.96. The van der Waals surface area contributed by atoms with E-state index in [-0.39, 0.29) is 24.0 Å². The number of carbonyl (C=O) groups excluding carboxylic acids is 1. The molecule has 6 heteroatoms. The van der Waals surface area contributed by atoms with Crippen molar-refractivity contribution in [2.75, 3.05) is 11.9 Å². The van der Waals surface area contributed by atoms with E-state index in [4.69, 9.17) is 4.74 Å². The molecule has 0 heterocycles. The van der Waals surface area contributed by atoms with Gasteiger partial charge in [0.2, 0.25) is 0 Å². The topological polar surface area (TPSA) is 47.6 Å². The van der Waals surface area contributed by atoms with E-state index in [1.807, 2.05) is 19.1 Å². The third-order valence-corrected chi connectivity index (χ3v) is 3.03. The van der Waals surface area contributed by atoms with Gasteiger partial charge in [0.25, 0.3) is 5.91 Å². The summed E-state index contributed by atoms with van der Waals surface area (Å²) in [6, 6.07) is 11.4. The quantitative estimate of drug-likeness (QED) is 0.865. The van der Waals surface area contributed by atoms with Gasteiger partial charge in [-0.3, -0.25) is 4.79 Å². The van der Waals surface area contributed by atoms with Crippen molar-refractivity contribution in [3.05, 3.63) is 53.6 Å². The Balaban J connectivity index is 2.17. The van der Waals surface area contributed by atoms with Crippen molar-refractivity contribution in [1.82, 2.24) is 0 Å². The largest absolute Gasteiger partial charge is 0.490 e. The number of carbonyl (C=O) groups is 1. The summed E-state index contributed by atoms with van der Waals surface area (Å²) in [7, 11) is 0. The van der Waals surface area contributed by atoms with Gasteiger partial charge in [-0.05, 0) is 38.1 Å². The molecule has 1 amide bonds. The van der Waals surface area contributed by atoms with Gasteiger partial charge < -0.3 is 14.8 Å². The highest BCUT2D eigenvalue weighted by atomic mass is 19.3. The van der Waals surface area contributed by atoms with Gasteiger partial charge in [0.1, 0.15) is 0 Å². The van der Waals surface area contributed by atoms with Crippen molar-refractivity contribution in [2.45, 2.75) is 20.5 Å². The van der Waals surface area contributed by atoms with E-state index in [1.54, 1.807) is 19.1 Å². The SMILES string of the molecule is CCOc1cc(NC(=O)c2ccc(C)cc2)ccc1OC(F)F. The zero-order chi connectivity index (χ0) is 16.8. The molecule has 2 aromatic carbocycles. The molecule has 0 atom stereocenters. The van der Waals surface area contributed by atoms with Crippen LogP contribution in [-0.4, -0.2) is 19.1 Å². The molecule has 23 heavy (non-hydrogen) atoms. The molecule has 0 radical (unpaired) electrons. The van der Waals surface area contributed by atoms with Crippen LogP contribution < -0.4 is 14.8 Å². The Morgan fingerprint density at radius 3 is 2.43 bits per heavy atom. The maximum atomic E-state index is 12.4. The maximum Gasteiger partial charge on any atom is 0.387 e. The second-order valence-corrected chi connectivity index (χ2v) is 4.79. The summed E-state index contributed by atoms with van der Waals surface area (Å²) in [6.45, 7) is 0.999. The van der Waals surface area contributed by atoms with Crippen LogP contribution in [0, 0.1) is 6.92 Å². The van der Waals surface area contributed by atoms with Crippen LogP contribution >= 0.6 is 0 Å². The predicted molar refractivity (Wildman–Crippen MR) is 83.4 cm³/mol. The molecule has 0 aliphatic heterocycles. The molecule has 0 aromatic heterocycles. The van der Waals surface area contributed by atoms with Crippen molar-refractivity contribution < 1.29 is 23.0 Å². The fourth-order valence-corrected chi connectivity index (χ4v) is 1.96. The van der Waals surface area contributed by atoms with Gasteiger partial charge in [-0.1, -0.05) is 17.7 Å². The normalized spacial score (nSPS) is 10.5. The fraction of sp³-hybridized carbons (Fsp3) is 0.235. The molecule has 0 saturated carbocycles. The summed E-state index contributed by atoms with van der Waals surface area (Å²) in [5, 5.41) is 2.70. The van der Waals surface area contributed by atoms with Crippen molar-refractivity contribution in [1.29, 1.82) is 0 Å². The molecule has 4 nitrogen and oxygen atoms in total. The number of hydrogen-bond donors (Lipinski definition) is 1. The Morgan fingerprint density at radius 1 is 1.13 bits per heavy atom. The van der Waals surface area contributed by atoms with E-state index in [1.165, 1.54) is 18.2 Å². The first-order valence-corrected chi connectivity index (χ1v) is 7.09. The lowest BCUT2D eigenvalue weighted by atomic mass is 10.1. The van der Waals surface area contributed by atoms with Crippen LogP contribution in [-0.2, 0) is 0 Å². The van der Waals surface area contributed by atoms with Crippen molar-refractivity contribution in [2.24, 2.45) is 0 Å². The summed E-state index contributed by atoms with van der Waals surface area (Å²) in [4.78, 5) is 12.2. The predicted octanol–water partition coefficient (Wildman–Crippen LogP) is 4.25. The van der Waals surface area contributed by atoms with Crippen LogP contribution in [0.3, 0.4) is 0 Å². The summed E-state index contributed by atoms with van der Waals surface area (Å²) in [5.74, 6) is -0.223. The number of aryl methyl sites for hydroxylation is 1. The number of halogens is 2. The van der Waals surface area contributed by atoms with Crippen LogP contribution in [0.5, 0.6) is 11.5 Å². The summed E-state index contributed by atoms with van der Waals surface area (Å²) < 4.78 is 34.4. The Labute approximate surface area is 133 Å². The van der Waals surface area contributed by atoms with Crippen molar-refractivity contribution >= 4 is 11.6 Å². The molecule has 0 aliphatic carbocycles. The lowest BCUT2D eigenvalue weighted by molar-refractivity contribution is -0.0514. The molecule has 2 aromatic rings. The molecule has 0 spiro atoms. The van der Waals surface area contributed by atoms with Gasteiger partial charge >= 0.3 is 6.61 Å². The molecule has 0 unspecified atom stereocenters. The van der Waals surface area contributed by atoms with E-state index < -0.39 is 6.61 Å². The molecular formula is C17H17F2NO3. The molecule has 1 N–H and O–H groups in total. The molecular weight excluding hydrogens is 304 g/mol. The highest BCUT2D eigenvalue weighted by Gasteiger charge is 2.13. The van der Waals surface area contributed by atoms with Gasteiger partial charge in [-0.25, -0.2) is 0 Å². The minimum absolute atomic E-state index is 0.0739. The lowest BCUT2D eigenvalue weighted by Crippen LogP contribution is -2.12. The van der Waals surface area contributed by atoms with E-state index in [0.717, 1.165) is 5.56 Å². The number of alkyl halides is 2. The van der Waals surface area contributed by atoms with E-state index in [9.17, 15) is 13.6 Å². The second kappa shape index (κ2) is 7.58. The zero-order valence-corrected chi connectivity index (χ0v) is 12.8. The van der Waals surface area contributed by atoms with E-state index in [2.05, 4.69) is 10.1 Å². The van der Waals surface area contributed by atoms with Gasteiger partial charge in [-0.15, -0.1) is 0 Å². The molecule has 0 fully saturated rings. The van der Waals surface area contributed by atoms with Crippen molar-refractivity contribution in [3.8, 4) is 11.5 Å². The van der Waals surface area contributed by atoms with Gasteiger partial charge in [0.05, 0.1) is 6.61 Å². The first kappa shape index (κ1) is 16.7. The Kier molecular flexibility index (Phi) is 5.51. The average Bonchev–Trinajstić information content (AvgIpc) is 2.50. The van der Waals surface area contributed by atoms with Crippen LogP contribution in [0.4, 0.5) is 14.5 Å². The number of hydrogen-bond acceptors (Lipinski definition) is 3. The highest BCUT2D eigenvalue weighted by molar-refractivity contribution is 6.04. The third-order valence-electron chi connectivity index (χ3n) is 3.03. The second-order valence-electron chi connectivity index (χ2n) is 4.79.